The van der Waals surface area contributed by atoms with Crippen LogP contribution >= 0.6 is 0 Å². The van der Waals surface area contributed by atoms with Crippen molar-refractivity contribution < 1.29 is 14.4 Å². The fourth-order valence-corrected chi connectivity index (χ4v) is 3.84. The molecule has 0 aromatic rings. The second kappa shape index (κ2) is 4.72. The van der Waals surface area contributed by atoms with Crippen LogP contribution < -0.4 is 0 Å². The van der Waals surface area contributed by atoms with Crippen LogP contribution in [0.2, 0.25) is 0 Å². The summed E-state index contributed by atoms with van der Waals surface area (Å²) < 4.78 is 0. The van der Waals surface area contributed by atoms with E-state index in [1.54, 1.807) is 11.9 Å². The fraction of sp³-hybridized carbons (Fsp3) is 0.667. The number of hydrogen-bond acceptors (Lipinski definition) is 3. The zero-order chi connectivity index (χ0) is 14.4. The number of amides is 3. The molecule has 4 atom stereocenters. The van der Waals surface area contributed by atoms with Crippen LogP contribution in [-0.2, 0) is 14.4 Å². The number of likely N-dealkylation sites (tertiary alicyclic amines) is 1. The van der Waals surface area contributed by atoms with Gasteiger partial charge in [0.25, 0.3) is 0 Å². The van der Waals surface area contributed by atoms with Crippen molar-refractivity contribution in [3.05, 3.63) is 12.2 Å². The summed E-state index contributed by atoms with van der Waals surface area (Å²) >= 11 is 0. The van der Waals surface area contributed by atoms with Crippen molar-refractivity contribution in [2.75, 3.05) is 20.1 Å². The van der Waals surface area contributed by atoms with Crippen molar-refractivity contribution in [1.29, 1.82) is 0 Å². The Bertz CT molecular complexity index is 469. The monoisotopic (exact) mass is 276 g/mol. The van der Waals surface area contributed by atoms with Crippen LogP contribution in [0.5, 0.6) is 0 Å². The van der Waals surface area contributed by atoms with E-state index in [4.69, 9.17) is 0 Å². The van der Waals surface area contributed by atoms with Crippen LogP contribution in [0.3, 0.4) is 0 Å². The van der Waals surface area contributed by atoms with Crippen LogP contribution in [0.4, 0.5) is 0 Å². The van der Waals surface area contributed by atoms with Crippen LogP contribution in [0, 0.1) is 23.7 Å². The van der Waals surface area contributed by atoms with Gasteiger partial charge in [-0.2, -0.15) is 0 Å². The molecule has 5 heteroatoms. The maximum Gasteiger partial charge on any atom is 0.242 e. The van der Waals surface area contributed by atoms with Crippen molar-refractivity contribution in [3.63, 3.8) is 0 Å². The summed E-state index contributed by atoms with van der Waals surface area (Å²) in [6, 6.07) is 0. The molecule has 2 aliphatic carbocycles. The third kappa shape index (κ3) is 1.79. The molecule has 1 aliphatic heterocycles. The highest BCUT2D eigenvalue weighted by Crippen LogP contribution is 2.52. The normalized spacial score (nSPS) is 34.0. The Morgan fingerprint density at radius 3 is 2.30 bits per heavy atom. The average molecular weight is 276 g/mol. The first-order valence-electron chi connectivity index (χ1n) is 7.32. The molecule has 0 aromatic carbocycles. The number of fused-ring (bicyclic) bond motifs is 5. The molecule has 0 unspecified atom stereocenters. The van der Waals surface area contributed by atoms with Gasteiger partial charge in [-0.3, -0.25) is 19.3 Å². The molecular formula is C15H20N2O3. The van der Waals surface area contributed by atoms with E-state index in [2.05, 4.69) is 12.2 Å². The van der Waals surface area contributed by atoms with Gasteiger partial charge in [0.2, 0.25) is 17.7 Å². The molecule has 0 radical (unpaired) electrons. The molecule has 1 saturated heterocycles. The number of hydrogen-bond donors (Lipinski definition) is 0. The minimum absolute atomic E-state index is 0.0966. The lowest BCUT2D eigenvalue weighted by Gasteiger charge is -2.21. The number of carbonyl (C=O) groups excluding carboxylic acids is 3. The van der Waals surface area contributed by atoms with Gasteiger partial charge in [0.05, 0.1) is 11.8 Å². The molecule has 1 heterocycles. The standard InChI is InChI=1S/C15H20N2O3/c1-3-6-16(2)11(18)8-17-14(19)12-9-4-5-10(7-9)13(12)15(17)20/h4-5,9-10,12-13H,3,6-8H2,1-2H3/t9-,10-,12-,13+/m0/s1. The molecule has 2 bridgehead atoms. The van der Waals surface area contributed by atoms with Gasteiger partial charge in [-0.1, -0.05) is 19.1 Å². The molecule has 3 amide bonds. The first-order valence-corrected chi connectivity index (χ1v) is 7.32. The highest BCUT2D eigenvalue weighted by molar-refractivity contribution is 6.08. The third-order valence-corrected chi connectivity index (χ3v) is 4.84. The maximum atomic E-state index is 12.4. The minimum Gasteiger partial charge on any atom is -0.344 e. The van der Waals surface area contributed by atoms with Crippen LogP contribution in [0.15, 0.2) is 12.2 Å². The smallest absolute Gasteiger partial charge is 0.242 e. The highest BCUT2D eigenvalue weighted by atomic mass is 16.2. The van der Waals surface area contributed by atoms with Crippen LogP contribution in [0.1, 0.15) is 19.8 Å². The van der Waals surface area contributed by atoms with Gasteiger partial charge in [0.1, 0.15) is 6.54 Å². The second-order valence-corrected chi connectivity index (χ2v) is 6.08. The van der Waals surface area contributed by atoms with Gasteiger partial charge in [0, 0.05) is 13.6 Å². The molecule has 1 saturated carbocycles. The van der Waals surface area contributed by atoms with E-state index in [1.165, 1.54) is 4.90 Å². The molecule has 3 aliphatic rings. The Morgan fingerprint density at radius 2 is 1.80 bits per heavy atom. The van der Waals surface area contributed by atoms with Crippen LogP contribution in [0.25, 0.3) is 0 Å². The van der Waals surface area contributed by atoms with E-state index in [1.807, 2.05) is 6.92 Å². The first-order chi connectivity index (χ1) is 9.54. The molecule has 5 nitrogen and oxygen atoms in total. The van der Waals surface area contributed by atoms with E-state index in [9.17, 15) is 14.4 Å². The molecule has 3 rings (SSSR count). The number of rotatable bonds is 4. The lowest BCUT2D eigenvalue weighted by atomic mass is 9.85. The van der Waals surface area contributed by atoms with E-state index >= 15 is 0 Å². The van der Waals surface area contributed by atoms with Gasteiger partial charge >= 0.3 is 0 Å². The van der Waals surface area contributed by atoms with Gasteiger partial charge in [-0.15, -0.1) is 0 Å². The van der Waals surface area contributed by atoms with Crippen molar-refractivity contribution >= 4 is 17.7 Å². The predicted molar refractivity (Wildman–Crippen MR) is 72.4 cm³/mol. The Balaban J connectivity index is 1.72. The number of likely N-dealkylation sites (N-methyl/N-ethyl adjacent to an activating group) is 1. The van der Waals surface area contributed by atoms with Crippen molar-refractivity contribution in [2.45, 2.75) is 19.8 Å². The topological polar surface area (TPSA) is 57.7 Å². The number of carbonyl (C=O) groups is 3. The fourth-order valence-electron chi connectivity index (χ4n) is 3.84. The lowest BCUT2D eigenvalue weighted by Crippen LogP contribution is -2.42. The van der Waals surface area contributed by atoms with Gasteiger partial charge in [0.15, 0.2) is 0 Å². The summed E-state index contributed by atoms with van der Waals surface area (Å²) in [5, 5.41) is 0. The highest BCUT2D eigenvalue weighted by Gasteiger charge is 2.59. The Kier molecular flexibility index (Phi) is 3.15. The van der Waals surface area contributed by atoms with Crippen molar-refractivity contribution in [2.24, 2.45) is 23.7 Å². The van der Waals surface area contributed by atoms with Crippen molar-refractivity contribution in [3.8, 4) is 0 Å². The largest absolute Gasteiger partial charge is 0.344 e. The molecule has 20 heavy (non-hydrogen) atoms. The van der Waals surface area contributed by atoms with E-state index in [-0.39, 0.29) is 47.9 Å². The minimum atomic E-state index is -0.207. The third-order valence-electron chi connectivity index (χ3n) is 4.84. The van der Waals surface area contributed by atoms with E-state index < -0.39 is 0 Å². The molecule has 108 valence electrons. The maximum absolute atomic E-state index is 12.4. The number of allylic oxidation sites excluding steroid dienone is 2. The van der Waals surface area contributed by atoms with Gasteiger partial charge in [-0.05, 0) is 24.7 Å². The second-order valence-electron chi connectivity index (χ2n) is 6.08. The number of nitrogens with zero attached hydrogens (tertiary/aromatic N) is 2. The Hall–Kier alpha value is -1.65. The summed E-state index contributed by atoms with van der Waals surface area (Å²) in [6.07, 6.45) is 5.91. The zero-order valence-electron chi connectivity index (χ0n) is 11.9. The Morgan fingerprint density at radius 1 is 1.25 bits per heavy atom. The lowest BCUT2D eigenvalue weighted by molar-refractivity contribution is -0.146. The zero-order valence-corrected chi connectivity index (χ0v) is 11.9. The summed E-state index contributed by atoms with van der Waals surface area (Å²) in [5.41, 5.74) is 0. The average Bonchev–Trinajstić information content (AvgIpc) is 3.08. The summed E-state index contributed by atoms with van der Waals surface area (Å²) in [5.74, 6) is -0.451. The summed E-state index contributed by atoms with van der Waals surface area (Å²) in [4.78, 5) is 39.6. The van der Waals surface area contributed by atoms with Crippen molar-refractivity contribution in [1.82, 2.24) is 9.80 Å². The molecule has 2 fully saturated rings. The summed E-state index contributed by atoms with van der Waals surface area (Å²) in [6.45, 7) is 2.54. The van der Waals surface area contributed by atoms with E-state index in [0.717, 1.165) is 12.8 Å². The van der Waals surface area contributed by atoms with E-state index in [0.29, 0.717) is 6.54 Å². The molecule has 0 spiro atoms. The molecule has 0 aromatic heterocycles. The SMILES string of the molecule is CCCN(C)C(=O)CN1C(=O)[C@@H]2[C@H](C1=O)[C@H]1C=C[C@H]2C1. The molecular weight excluding hydrogens is 256 g/mol. The van der Waals surface area contributed by atoms with Crippen LogP contribution in [-0.4, -0.2) is 47.7 Å². The van der Waals surface area contributed by atoms with Gasteiger partial charge < -0.3 is 4.90 Å². The Labute approximate surface area is 118 Å². The number of imide groups is 1. The molecule has 0 N–H and O–H groups in total. The van der Waals surface area contributed by atoms with Gasteiger partial charge in [-0.25, -0.2) is 0 Å². The first kappa shape index (κ1) is 13.3. The quantitative estimate of drug-likeness (QED) is 0.560. The summed E-state index contributed by atoms with van der Waals surface area (Å²) in [7, 11) is 1.71. The predicted octanol–water partition coefficient (Wildman–Crippen LogP) is 0.662.